The highest BCUT2D eigenvalue weighted by Crippen LogP contribution is 2.28. The van der Waals surface area contributed by atoms with Gasteiger partial charge in [-0.15, -0.1) is 0 Å². The molecule has 7 heteroatoms. The van der Waals surface area contributed by atoms with E-state index in [4.69, 9.17) is 15.2 Å². The average Bonchev–Trinajstić information content (AvgIpc) is 2.51. The zero-order chi connectivity index (χ0) is 18.1. The van der Waals surface area contributed by atoms with Gasteiger partial charge in [0.2, 0.25) is 0 Å². The van der Waals surface area contributed by atoms with Crippen molar-refractivity contribution in [1.29, 1.82) is 0 Å². The number of hydrogen-bond donors (Lipinski definition) is 3. The van der Waals surface area contributed by atoms with Crippen LogP contribution in [0.2, 0.25) is 0 Å². The first-order valence-electron chi connectivity index (χ1n) is 7.97. The number of ether oxygens (including phenoxy) is 2. The van der Waals surface area contributed by atoms with Gasteiger partial charge in [-0.05, 0) is 45.4 Å². The highest BCUT2D eigenvalue weighted by Gasteiger charge is 2.12. The molecule has 1 unspecified atom stereocenters. The van der Waals surface area contributed by atoms with Crippen molar-refractivity contribution in [3.63, 3.8) is 0 Å². The van der Waals surface area contributed by atoms with Gasteiger partial charge in [-0.1, -0.05) is 0 Å². The SMILES string of the molecule is COc1cc(C(=O)NCCC(C)N)ccc1OCC(=O)NC(C)C. The Bertz CT molecular complexity index is 559. The summed E-state index contributed by atoms with van der Waals surface area (Å²) in [5, 5.41) is 5.53. The first kappa shape index (κ1) is 19.8. The lowest BCUT2D eigenvalue weighted by atomic mass is 10.1. The molecule has 2 amide bonds. The predicted octanol–water partition coefficient (Wildman–Crippen LogP) is 1.07. The molecule has 0 saturated heterocycles. The first-order valence-corrected chi connectivity index (χ1v) is 7.97. The smallest absolute Gasteiger partial charge is 0.258 e. The van der Waals surface area contributed by atoms with Gasteiger partial charge >= 0.3 is 0 Å². The Hall–Kier alpha value is -2.28. The zero-order valence-electron chi connectivity index (χ0n) is 14.7. The molecule has 0 aromatic heterocycles. The standard InChI is InChI=1S/C17H27N3O4/c1-11(2)20-16(21)10-24-14-6-5-13(9-15(14)23-4)17(22)19-8-7-12(3)18/h5-6,9,11-12H,7-8,10,18H2,1-4H3,(H,19,22)(H,20,21). The van der Waals surface area contributed by atoms with Gasteiger partial charge in [0.25, 0.3) is 11.8 Å². The molecule has 0 heterocycles. The molecule has 0 aliphatic carbocycles. The van der Waals surface area contributed by atoms with E-state index in [1.54, 1.807) is 18.2 Å². The van der Waals surface area contributed by atoms with Crippen LogP contribution in [0, 0.1) is 0 Å². The maximum atomic E-state index is 12.1. The monoisotopic (exact) mass is 337 g/mol. The van der Waals surface area contributed by atoms with E-state index in [0.29, 0.717) is 30.0 Å². The van der Waals surface area contributed by atoms with Gasteiger partial charge in [0.1, 0.15) is 0 Å². The molecule has 24 heavy (non-hydrogen) atoms. The van der Waals surface area contributed by atoms with Crippen LogP contribution in [-0.4, -0.2) is 44.2 Å². The van der Waals surface area contributed by atoms with Crippen LogP contribution in [0.3, 0.4) is 0 Å². The lowest BCUT2D eigenvalue weighted by Crippen LogP contribution is -2.34. The highest BCUT2D eigenvalue weighted by atomic mass is 16.5. The van der Waals surface area contributed by atoms with Crippen LogP contribution in [0.15, 0.2) is 18.2 Å². The van der Waals surface area contributed by atoms with Gasteiger partial charge in [-0.2, -0.15) is 0 Å². The summed E-state index contributed by atoms with van der Waals surface area (Å²) in [6.07, 6.45) is 0.703. The summed E-state index contributed by atoms with van der Waals surface area (Å²) in [6, 6.07) is 4.90. The Kier molecular flexibility index (Phi) is 8.05. The second-order valence-corrected chi connectivity index (χ2v) is 5.90. The van der Waals surface area contributed by atoms with Crippen molar-refractivity contribution in [1.82, 2.24) is 10.6 Å². The Morgan fingerprint density at radius 2 is 1.92 bits per heavy atom. The van der Waals surface area contributed by atoms with Gasteiger partial charge in [0, 0.05) is 24.2 Å². The van der Waals surface area contributed by atoms with E-state index in [-0.39, 0.29) is 30.5 Å². The molecule has 0 aliphatic rings. The van der Waals surface area contributed by atoms with Gasteiger partial charge in [0.15, 0.2) is 18.1 Å². The summed E-state index contributed by atoms with van der Waals surface area (Å²) in [5.41, 5.74) is 6.10. The number of nitrogens with one attached hydrogen (secondary N) is 2. The fourth-order valence-corrected chi connectivity index (χ4v) is 1.95. The number of hydrogen-bond acceptors (Lipinski definition) is 5. The molecule has 1 rings (SSSR count). The molecule has 1 aromatic rings. The van der Waals surface area contributed by atoms with Crippen molar-refractivity contribution < 1.29 is 19.1 Å². The van der Waals surface area contributed by atoms with E-state index in [1.807, 2.05) is 20.8 Å². The van der Waals surface area contributed by atoms with E-state index < -0.39 is 0 Å². The summed E-state index contributed by atoms with van der Waals surface area (Å²) < 4.78 is 10.7. The third-order valence-corrected chi connectivity index (χ3v) is 3.12. The van der Waals surface area contributed by atoms with Gasteiger partial charge in [-0.3, -0.25) is 9.59 Å². The summed E-state index contributed by atoms with van der Waals surface area (Å²) in [4.78, 5) is 23.7. The van der Waals surface area contributed by atoms with E-state index in [0.717, 1.165) is 0 Å². The molecule has 0 aliphatic heterocycles. The molecule has 0 bridgehead atoms. The second-order valence-electron chi connectivity index (χ2n) is 5.90. The lowest BCUT2D eigenvalue weighted by Gasteiger charge is -2.13. The fourth-order valence-electron chi connectivity index (χ4n) is 1.95. The van der Waals surface area contributed by atoms with Gasteiger partial charge < -0.3 is 25.8 Å². The first-order chi connectivity index (χ1) is 11.3. The molecular weight excluding hydrogens is 310 g/mol. The van der Waals surface area contributed by atoms with E-state index in [1.165, 1.54) is 7.11 Å². The Morgan fingerprint density at radius 1 is 1.21 bits per heavy atom. The molecular formula is C17H27N3O4. The van der Waals surface area contributed by atoms with Crippen LogP contribution in [-0.2, 0) is 4.79 Å². The van der Waals surface area contributed by atoms with Crippen LogP contribution in [0.25, 0.3) is 0 Å². The molecule has 1 aromatic carbocycles. The van der Waals surface area contributed by atoms with Crippen molar-refractivity contribution in [2.45, 2.75) is 39.3 Å². The lowest BCUT2D eigenvalue weighted by molar-refractivity contribution is -0.123. The van der Waals surface area contributed by atoms with Crippen molar-refractivity contribution in [3.05, 3.63) is 23.8 Å². The molecule has 1 atom stereocenters. The number of carbonyl (C=O) groups is 2. The van der Waals surface area contributed by atoms with E-state index in [9.17, 15) is 9.59 Å². The maximum Gasteiger partial charge on any atom is 0.258 e. The number of rotatable bonds is 9. The van der Waals surface area contributed by atoms with E-state index in [2.05, 4.69) is 10.6 Å². The van der Waals surface area contributed by atoms with Gasteiger partial charge in [-0.25, -0.2) is 0 Å². The number of carbonyl (C=O) groups excluding carboxylic acids is 2. The van der Waals surface area contributed by atoms with Crippen LogP contribution in [0.1, 0.15) is 37.6 Å². The molecule has 0 radical (unpaired) electrons. The Balaban J connectivity index is 2.67. The topological polar surface area (TPSA) is 103 Å². The summed E-state index contributed by atoms with van der Waals surface area (Å²) in [5.74, 6) is 0.374. The minimum atomic E-state index is -0.218. The van der Waals surface area contributed by atoms with Crippen molar-refractivity contribution in [3.8, 4) is 11.5 Å². The molecule has 0 fully saturated rings. The third-order valence-electron chi connectivity index (χ3n) is 3.12. The average molecular weight is 337 g/mol. The summed E-state index contributed by atoms with van der Waals surface area (Å²) >= 11 is 0. The summed E-state index contributed by atoms with van der Waals surface area (Å²) in [7, 11) is 1.48. The minimum Gasteiger partial charge on any atom is -0.493 e. The second kappa shape index (κ2) is 9.77. The number of benzene rings is 1. The zero-order valence-corrected chi connectivity index (χ0v) is 14.7. The summed E-state index contributed by atoms with van der Waals surface area (Å²) in [6.45, 7) is 6.02. The number of nitrogens with two attached hydrogens (primary N) is 1. The van der Waals surface area contributed by atoms with Crippen molar-refractivity contribution in [2.24, 2.45) is 5.73 Å². The fraction of sp³-hybridized carbons (Fsp3) is 0.529. The van der Waals surface area contributed by atoms with E-state index >= 15 is 0 Å². The number of methoxy groups -OCH3 is 1. The number of amides is 2. The maximum absolute atomic E-state index is 12.1. The molecule has 134 valence electrons. The molecule has 7 nitrogen and oxygen atoms in total. The normalized spacial score (nSPS) is 11.8. The Labute approximate surface area is 142 Å². The van der Waals surface area contributed by atoms with Crippen molar-refractivity contribution >= 4 is 11.8 Å². The Morgan fingerprint density at radius 3 is 2.50 bits per heavy atom. The van der Waals surface area contributed by atoms with Crippen molar-refractivity contribution in [2.75, 3.05) is 20.3 Å². The quantitative estimate of drug-likeness (QED) is 0.625. The third kappa shape index (κ3) is 6.87. The highest BCUT2D eigenvalue weighted by molar-refractivity contribution is 5.94. The molecule has 0 saturated carbocycles. The minimum absolute atomic E-state index is 0.0348. The van der Waals surface area contributed by atoms with Crippen LogP contribution in [0.5, 0.6) is 11.5 Å². The van der Waals surface area contributed by atoms with Crippen LogP contribution >= 0.6 is 0 Å². The van der Waals surface area contributed by atoms with Gasteiger partial charge in [0.05, 0.1) is 7.11 Å². The largest absolute Gasteiger partial charge is 0.493 e. The van der Waals surface area contributed by atoms with Crippen LogP contribution in [0.4, 0.5) is 0 Å². The molecule has 0 spiro atoms. The molecule has 4 N–H and O–H groups in total. The predicted molar refractivity (Wildman–Crippen MR) is 92.4 cm³/mol. The van der Waals surface area contributed by atoms with Crippen LogP contribution < -0.4 is 25.8 Å².